The van der Waals surface area contributed by atoms with Gasteiger partial charge >= 0.3 is 0 Å². The van der Waals surface area contributed by atoms with E-state index in [1.807, 2.05) is 27.7 Å². The third-order valence-corrected chi connectivity index (χ3v) is 10.00. The summed E-state index contributed by atoms with van der Waals surface area (Å²) in [6.07, 6.45) is 1.49. The monoisotopic (exact) mass is 400 g/mol. The van der Waals surface area contributed by atoms with Crippen LogP contribution in [-0.2, 0) is 24.0 Å². The molecule has 0 radical (unpaired) electrons. The van der Waals surface area contributed by atoms with Crippen LogP contribution in [-0.4, -0.2) is 28.9 Å². The van der Waals surface area contributed by atoms with Gasteiger partial charge in [0.05, 0.1) is 0 Å². The van der Waals surface area contributed by atoms with Gasteiger partial charge in [0, 0.05) is 54.3 Å². The van der Waals surface area contributed by atoms with E-state index in [2.05, 4.69) is 6.92 Å². The lowest BCUT2D eigenvalue weighted by molar-refractivity contribution is -0.190. The van der Waals surface area contributed by atoms with E-state index >= 15 is 0 Å². The molecule has 0 saturated heterocycles. The molecule has 0 spiro atoms. The molecule has 0 amide bonds. The Hall–Kier alpha value is -1.65. The van der Waals surface area contributed by atoms with Gasteiger partial charge in [-0.2, -0.15) is 0 Å². The van der Waals surface area contributed by atoms with E-state index in [4.69, 9.17) is 0 Å². The summed E-state index contributed by atoms with van der Waals surface area (Å²) < 4.78 is 0. The summed E-state index contributed by atoms with van der Waals surface area (Å²) in [7, 11) is 0. The first kappa shape index (κ1) is 20.6. The molecular formula is C24H32O5. The number of fused-ring (bicyclic) bond motifs is 5. The highest BCUT2D eigenvalue weighted by molar-refractivity contribution is 6.05. The van der Waals surface area contributed by atoms with E-state index in [-0.39, 0.29) is 54.1 Å². The van der Waals surface area contributed by atoms with Gasteiger partial charge in [-0.3, -0.25) is 24.0 Å². The number of ketones is 5. The van der Waals surface area contributed by atoms with Gasteiger partial charge in [-0.05, 0) is 30.1 Å². The summed E-state index contributed by atoms with van der Waals surface area (Å²) in [5, 5.41) is 0. The summed E-state index contributed by atoms with van der Waals surface area (Å²) in [6, 6.07) is 0. The van der Waals surface area contributed by atoms with Crippen molar-refractivity contribution in [3.8, 4) is 0 Å². The standard InChI is InChI=1S/C24H32O5/c1-12(25)13-9-18(29)24(6)20-14(26)10-16-21(2,3)17(28)7-8-22(16,4)19(20)15(27)11-23(13,24)5/h13,16,19-20H,7-11H2,1-6H3/t13?,16?,19?,20?,22?,23?,24-/m0/s1. The smallest absolute Gasteiger partial charge is 0.140 e. The highest BCUT2D eigenvalue weighted by atomic mass is 16.2. The van der Waals surface area contributed by atoms with Crippen molar-refractivity contribution in [2.75, 3.05) is 0 Å². The molecule has 4 fully saturated rings. The van der Waals surface area contributed by atoms with Crippen LogP contribution in [0.3, 0.4) is 0 Å². The Kier molecular flexibility index (Phi) is 4.08. The maximum absolute atomic E-state index is 13.6. The van der Waals surface area contributed by atoms with E-state index in [9.17, 15) is 24.0 Å². The van der Waals surface area contributed by atoms with E-state index in [1.54, 1.807) is 0 Å². The van der Waals surface area contributed by atoms with E-state index in [0.29, 0.717) is 12.8 Å². The van der Waals surface area contributed by atoms with Gasteiger partial charge in [-0.15, -0.1) is 0 Å². The normalized spacial score (nSPS) is 48.8. The van der Waals surface area contributed by atoms with Gasteiger partial charge in [0.25, 0.3) is 0 Å². The molecular weight excluding hydrogens is 368 g/mol. The first-order chi connectivity index (χ1) is 13.2. The molecule has 4 rings (SSSR count). The van der Waals surface area contributed by atoms with Gasteiger partial charge in [0.1, 0.15) is 28.9 Å². The Morgan fingerprint density at radius 2 is 1.48 bits per heavy atom. The van der Waals surface area contributed by atoms with Crippen LogP contribution in [0.2, 0.25) is 0 Å². The minimum Gasteiger partial charge on any atom is -0.300 e. The average molecular weight is 401 g/mol. The van der Waals surface area contributed by atoms with Crippen LogP contribution < -0.4 is 0 Å². The topological polar surface area (TPSA) is 85.3 Å². The highest BCUT2D eigenvalue weighted by Gasteiger charge is 2.75. The van der Waals surface area contributed by atoms with Crippen LogP contribution >= 0.6 is 0 Å². The summed E-state index contributed by atoms with van der Waals surface area (Å²) in [5.74, 6) is -1.98. The van der Waals surface area contributed by atoms with Crippen LogP contribution in [0.4, 0.5) is 0 Å². The van der Waals surface area contributed by atoms with Gasteiger partial charge in [0.2, 0.25) is 0 Å². The Bertz CT molecular complexity index is 868. The lowest BCUT2D eigenvalue weighted by Crippen LogP contribution is -2.67. The highest BCUT2D eigenvalue weighted by Crippen LogP contribution is 2.71. The molecule has 0 aromatic carbocycles. The van der Waals surface area contributed by atoms with Gasteiger partial charge in [-0.25, -0.2) is 0 Å². The molecule has 6 unspecified atom stereocenters. The van der Waals surface area contributed by atoms with Crippen molar-refractivity contribution in [2.24, 2.45) is 45.3 Å². The molecule has 0 bridgehead atoms. The van der Waals surface area contributed by atoms with E-state index in [1.165, 1.54) is 6.92 Å². The second-order valence-electron chi connectivity index (χ2n) is 11.4. The maximum Gasteiger partial charge on any atom is 0.140 e. The van der Waals surface area contributed by atoms with Crippen molar-refractivity contribution in [3.63, 3.8) is 0 Å². The van der Waals surface area contributed by atoms with Crippen molar-refractivity contribution in [3.05, 3.63) is 0 Å². The summed E-state index contributed by atoms with van der Waals surface area (Å²) in [4.78, 5) is 65.5. The number of Topliss-reactive ketones (excluding diaryl/α,β-unsaturated/α-hetero) is 5. The minimum atomic E-state index is -1.00. The molecule has 0 aromatic heterocycles. The fourth-order valence-electron chi connectivity index (χ4n) is 8.07. The van der Waals surface area contributed by atoms with Crippen LogP contribution in [0.15, 0.2) is 0 Å². The average Bonchev–Trinajstić information content (AvgIpc) is 2.81. The quantitative estimate of drug-likeness (QED) is 0.674. The largest absolute Gasteiger partial charge is 0.300 e. The summed E-state index contributed by atoms with van der Waals surface area (Å²) in [6.45, 7) is 11.0. The van der Waals surface area contributed by atoms with Crippen molar-refractivity contribution in [1.82, 2.24) is 0 Å². The van der Waals surface area contributed by atoms with E-state index < -0.39 is 39.4 Å². The number of hydrogen-bond acceptors (Lipinski definition) is 5. The molecule has 4 saturated carbocycles. The molecule has 158 valence electrons. The number of rotatable bonds is 1. The second-order valence-corrected chi connectivity index (χ2v) is 11.4. The van der Waals surface area contributed by atoms with Crippen molar-refractivity contribution in [2.45, 2.75) is 73.6 Å². The third kappa shape index (κ3) is 2.20. The van der Waals surface area contributed by atoms with Crippen LogP contribution in [0, 0.1) is 45.3 Å². The predicted octanol–water partition coefficient (Wildman–Crippen LogP) is 3.37. The molecule has 29 heavy (non-hydrogen) atoms. The summed E-state index contributed by atoms with van der Waals surface area (Å²) in [5.41, 5.74) is -2.95. The molecule has 0 aliphatic heterocycles. The number of hydrogen-bond donors (Lipinski definition) is 0. The molecule has 0 aromatic rings. The molecule has 0 heterocycles. The second kappa shape index (κ2) is 5.73. The fourth-order valence-corrected chi connectivity index (χ4v) is 8.07. The lowest BCUT2D eigenvalue weighted by atomic mass is 9.37. The zero-order valence-electron chi connectivity index (χ0n) is 18.4. The first-order valence-electron chi connectivity index (χ1n) is 10.9. The van der Waals surface area contributed by atoms with Gasteiger partial charge < -0.3 is 0 Å². The predicted molar refractivity (Wildman–Crippen MR) is 106 cm³/mol. The lowest BCUT2D eigenvalue weighted by Gasteiger charge is -2.63. The van der Waals surface area contributed by atoms with Gasteiger partial charge in [-0.1, -0.05) is 34.6 Å². The van der Waals surface area contributed by atoms with Crippen molar-refractivity contribution < 1.29 is 24.0 Å². The van der Waals surface area contributed by atoms with Gasteiger partial charge in [0.15, 0.2) is 0 Å². The Balaban J connectivity index is 1.89. The Morgan fingerprint density at radius 3 is 2.07 bits per heavy atom. The summed E-state index contributed by atoms with van der Waals surface area (Å²) >= 11 is 0. The zero-order valence-corrected chi connectivity index (χ0v) is 18.4. The Morgan fingerprint density at radius 1 is 0.862 bits per heavy atom. The van der Waals surface area contributed by atoms with Crippen LogP contribution in [0.25, 0.3) is 0 Å². The molecule has 5 heteroatoms. The Labute approximate surface area is 172 Å². The minimum absolute atomic E-state index is 0.00150. The number of carbonyl (C=O) groups excluding carboxylic acids is 5. The van der Waals surface area contributed by atoms with E-state index in [0.717, 1.165) is 0 Å². The zero-order chi connectivity index (χ0) is 21.7. The van der Waals surface area contributed by atoms with Crippen molar-refractivity contribution >= 4 is 28.9 Å². The maximum atomic E-state index is 13.6. The molecule has 4 aliphatic rings. The van der Waals surface area contributed by atoms with Crippen LogP contribution in [0.5, 0.6) is 0 Å². The molecule has 5 nitrogen and oxygen atoms in total. The molecule has 0 N–H and O–H groups in total. The van der Waals surface area contributed by atoms with Crippen molar-refractivity contribution in [1.29, 1.82) is 0 Å². The first-order valence-corrected chi connectivity index (χ1v) is 10.9. The SMILES string of the molecule is CC(=O)C1CC(=O)[C@@]2(C)C3C(=O)CC4C(C)(C)C(=O)CCC4(C)C3C(=O)CC12C. The number of carbonyl (C=O) groups is 5. The third-order valence-electron chi connectivity index (χ3n) is 10.00. The molecule has 7 atom stereocenters. The fraction of sp³-hybridized carbons (Fsp3) is 0.792. The van der Waals surface area contributed by atoms with Crippen LogP contribution in [0.1, 0.15) is 73.6 Å². The molecule has 4 aliphatic carbocycles.